The Labute approximate surface area is 207 Å². The van der Waals surface area contributed by atoms with Crippen molar-refractivity contribution in [1.82, 2.24) is 19.7 Å². The molecule has 5 rings (SSSR count). The lowest BCUT2D eigenvalue weighted by atomic mass is 10.1. The van der Waals surface area contributed by atoms with Crippen LogP contribution in [-0.2, 0) is 12.8 Å². The van der Waals surface area contributed by atoms with E-state index in [1.54, 1.807) is 6.20 Å². The topological polar surface area (TPSA) is 43.6 Å². The number of hydrogen-bond donors (Lipinski definition) is 0. The van der Waals surface area contributed by atoms with Gasteiger partial charge in [-0.25, -0.2) is 0 Å². The summed E-state index contributed by atoms with van der Waals surface area (Å²) >= 11 is 0. The Hall–Kier alpha value is -4.05. The second kappa shape index (κ2) is 10.5. The van der Waals surface area contributed by atoms with Crippen molar-refractivity contribution in [2.24, 2.45) is 0 Å². The van der Waals surface area contributed by atoms with Crippen LogP contribution in [0.2, 0.25) is 0 Å². The zero-order valence-corrected chi connectivity index (χ0v) is 20.4. The number of pyridine rings is 1. The van der Waals surface area contributed by atoms with Crippen molar-refractivity contribution in [3.63, 3.8) is 0 Å². The fourth-order valence-corrected chi connectivity index (χ4v) is 4.46. The third-order valence-electron chi connectivity index (χ3n) is 6.29. The van der Waals surface area contributed by atoms with E-state index in [0.717, 1.165) is 65.3 Å². The molecule has 4 heteroatoms. The van der Waals surface area contributed by atoms with E-state index in [9.17, 15) is 0 Å². The highest BCUT2D eigenvalue weighted by atomic mass is 15.3. The van der Waals surface area contributed by atoms with Gasteiger partial charge in [-0.15, -0.1) is 10.2 Å². The molecule has 0 aliphatic rings. The molecule has 0 radical (unpaired) electrons. The molecule has 0 aliphatic heterocycles. The Bertz CT molecular complexity index is 1300. The van der Waals surface area contributed by atoms with Crippen LogP contribution >= 0.6 is 0 Å². The first-order chi connectivity index (χ1) is 17.3. The number of aryl methyl sites for hydroxylation is 2. The van der Waals surface area contributed by atoms with Crippen LogP contribution in [0, 0.1) is 0 Å². The molecule has 0 bridgehead atoms. The molecule has 0 atom stereocenters. The summed E-state index contributed by atoms with van der Waals surface area (Å²) in [6.45, 7) is 4.41. The van der Waals surface area contributed by atoms with E-state index in [0.29, 0.717) is 0 Å². The molecule has 174 valence electrons. The van der Waals surface area contributed by atoms with Crippen LogP contribution in [0.4, 0.5) is 0 Å². The van der Waals surface area contributed by atoms with Crippen LogP contribution in [0.15, 0.2) is 97.3 Å². The predicted octanol–water partition coefficient (Wildman–Crippen LogP) is 7.57. The van der Waals surface area contributed by atoms with Gasteiger partial charge in [-0.3, -0.25) is 9.55 Å². The average Bonchev–Trinajstić information content (AvgIpc) is 3.36. The Kier molecular flexibility index (Phi) is 6.80. The fraction of sp³-hybridized carbons (Fsp3) is 0.194. The van der Waals surface area contributed by atoms with Crippen LogP contribution in [0.1, 0.15) is 37.8 Å². The summed E-state index contributed by atoms with van der Waals surface area (Å²) in [5, 5.41) is 9.31. The largest absolute Gasteiger partial charge is 0.275 e. The summed E-state index contributed by atoms with van der Waals surface area (Å²) in [7, 11) is 0. The highest BCUT2D eigenvalue weighted by Gasteiger charge is 2.17. The van der Waals surface area contributed by atoms with Crippen LogP contribution in [0.5, 0.6) is 0 Å². The number of hydrogen-bond acceptors (Lipinski definition) is 3. The smallest absolute Gasteiger partial charge is 0.168 e. The molecule has 4 nitrogen and oxygen atoms in total. The van der Waals surface area contributed by atoms with Gasteiger partial charge in [-0.2, -0.15) is 0 Å². The highest BCUT2D eigenvalue weighted by molar-refractivity contribution is 5.69. The van der Waals surface area contributed by atoms with Gasteiger partial charge in [0.1, 0.15) is 0 Å². The lowest BCUT2D eigenvalue weighted by Gasteiger charge is -2.12. The minimum absolute atomic E-state index is 0.842. The molecule has 0 amide bonds. The van der Waals surface area contributed by atoms with Crippen molar-refractivity contribution >= 4 is 0 Å². The molecule has 3 aromatic carbocycles. The lowest BCUT2D eigenvalue weighted by Crippen LogP contribution is -2.01. The maximum absolute atomic E-state index is 4.66. The fourth-order valence-electron chi connectivity index (χ4n) is 4.46. The number of rotatable bonds is 8. The minimum atomic E-state index is 0.842. The maximum atomic E-state index is 4.66. The average molecular weight is 459 g/mol. The summed E-state index contributed by atoms with van der Waals surface area (Å²) in [4.78, 5) is 4.26. The summed E-state index contributed by atoms with van der Waals surface area (Å²) in [6, 6.07) is 30.0. The van der Waals surface area contributed by atoms with Crippen LogP contribution in [0.3, 0.4) is 0 Å². The van der Waals surface area contributed by atoms with Gasteiger partial charge < -0.3 is 0 Å². The SMILES string of the molecule is CCCc1ccc(-c2nnc(-c3ccc(CCC)cc3)n2-c2ccc(-c3cccnc3)cc2)cc1. The first-order valence-corrected chi connectivity index (χ1v) is 12.4. The van der Waals surface area contributed by atoms with Gasteiger partial charge in [0.25, 0.3) is 0 Å². The van der Waals surface area contributed by atoms with Gasteiger partial charge in [0.2, 0.25) is 0 Å². The summed E-state index contributed by atoms with van der Waals surface area (Å²) < 4.78 is 2.16. The van der Waals surface area contributed by atoms with Crippen molar-refractivity contribution in [2.75, 3.05) is 0 Å². The quantitative estimate of drug-likeness (QED) is 0.241. The van der Waals surface area contributed by atoms with E-state index in [4.69, 9.17) is 0 Å². The van der Waals surface area contributed by atoms with Crippen molar-refractivity contribution in [3.05, 3.63) is 108 Å². The van der Waals surface area contributed by atoms with Crippen LogP contribution in [0.25, 0.3) is 39.6 Å². The maximum Gasteiger partial charge on any atom is 0.168 e. The molecule has 0 spiro atoms. The first kappa shape index (κ1) is 22.7. The molecule has 2 aromatic heterocycles. The van der Waals surface area contributed by atoms with Crippen LogP contribution < -0.4 is 0 Å². The van der Waals surface area contributed by atoms with E-state index in [2.05, 4.69) is 112 Å². The third-order valence-corrected chi connectivity index (χ3v) is 6.29. The molecule has 0 saturated carbocycles. The van der Waals surface area contributed by atoms with E-state index < -0.39 is 0 Å². The molecule has 0 fully saturated rings. The molecule has 35 heavy (non-hydrogen) atoms. The zero-order chi connectivity index (χ0) is 24.0. The molecule has 0 unspecified atom stereocenters. The van der Waals surface area contributed by atoms with Crippen molar-refractivity contribution in [2.45, 2.75) is 39.5 Å². The molecule has 0 N–H and O–H groups in total. The predicted molar refractivity (Wildman–Crippen MR) is 143 cm³/mol. The van der Waals surface area contributed by atoms with E-state index in [1.807, 2.05) is 12.3 Å². The van der Waals surface area contributed by atoms with E-state index >= 15 is 0 Å². The van der Waals surface area contributed by atoms with Gasteiger partial charge in [0.15, 0.2) is 11.6 Å². The summed E-state index contributed by atoms with van der Waals surface area (Å²) in [6.07, 6.45) is 8.12. The number of aromatic nitrogens is 4. The van der Waals surface area contributed by atoms with E-state index in [-0.39, 0.29) is 0 Å². The van der Waals surface area contributed by atoms with Gasteiger partial charge in [-0.1, -0.05) is 93.4 Å². The van der Waals surface area contributed by atoms with E-state index in [1.165, 1.54) is 11.1 Å². The minimum Gasteiger partial charge on any atom is -0.275 e. The first-order valence-electron chi connectivity index (χ1n) is 12.4. The van der Waals surface area contributed by atoms with Crippen LogP contribution in [-0.4, -0.2) is 19.7 Å². The number of benzene rings is 3. The molecular formula is C31H30N4. The highest BCUT2D eigenvalue weighted by Crippen LogP contribution is 2.30. The Morgan fingerprint density at radius 3 is 1.54 bits per heavy atom. The molecular weight excluding hydrogens is 428 g/mol. The van der Waals surface area contributed by atoms with Gasteiger partial charge in [0, 0.05) is 29.2 Å². The Balaban J connectivity index is 1.59. The zero-order valence-electron chi connectivity index (χ0n) is 20.4. The lowest BCUT2D eigenvalue weighted by molar-refractivity contribution is 0.921. The summed E-state index contributed by atoms with van der Waals surface area (Å²) in [5.41, 5.74) is 8.06. The Morgan fingerprint density at radius 1 is 0.571 bits per heavy atom. The third kappa shape index (κ3) is 4.92. The second-order valence-corrected chi connectivity index (χ2v) is 8.87. The summed E-state index contributed by atoms with van der Waals surface area (Å²) in [5.74, 6) is 1.68. The Morgan fingerprint density at radius 2 is 1.09 bits per heavy atom. The number of nitrogens with zero attached hydrogens (tertiary/aromatic N) is 4. The van der Waals surface area contributed by atoms with Crippen molar-refractivity contribution in [3.8, 4) is 39.6 Å². The van der Waals surface area contributed by atoms with Crippen molar-refractivity contribution in [1.29, 1.82) is 0 Å². The van der Waals surface area contributed by atoms with Gasteiger partial charge in [-0.05, 0) is 53.3 Å². The monoisotopic (exact) mass is 458 g/mol. The normalized spacial score (nSPS) is 11.0. The van der Waals surface area contributed by atoms with Gasteiger partial charge >= 0.3 is 0 Å². The molecule has 5 aromatic rings. The molecule has 0 saturated heterocycles. The van der Waals surface area contributed by atoms with Crippen molar-refractivity contribution < 1.29 is 0 Å². The molecule has 0 aliphatic carbocycles. The molecule has 2 heterocycles. The second-order valence-electron chi connectivity index (χ2n) is 8.87. The van der Waals surface area contributed by atoms with Gasteiger partial charge in [0.05, 0.1) is 0 Å². The standard InChI is InChI=1S/C31H30N4/c1-3-6-23-9-13-26(14-10-23)30-33-34-31(27-15-11-24(7-4-2)12-16-27)35(30)29-19-17-25(18-20-29)28-8-5-21-32-22-28/h5,8-22H,3-4,6-7H2,1-2H3.